The first kappa shape index (κ1) is 19.1. The molecule has 0 fully saturated rings. The summed E-state index contributed by atoms with van der Waals surface area (Å²) in [5.41, 5.74) is 1.62. The fraction of sp³-hybridized carbons (Fsp3) is 0.222. The molecule has 0 saturated heterocycles. The Kier molecular flexibility index (Phi) is 5.33. The number of hydrogen-bond donors (Lipinski definition) is 0. The van der Waals surface area contributed by atoms with Crippen LogP contribution in [0.2, 0.25) is 0 Å². The fourth-order valence-corrected chi connectivity index (χ4v) is 4.72. The Morgan fingerprint density at radius 2 is 1.85 bits per heavy atom. The van der Waals surface area contributed by atoms with Crippen LogP contribution in [-0.2, 0) is 26.1 Å². The van der Waals surface area contributed by atoms with Gasteiger partial charge in [0.15, 0.2) is 0 Å². The number of aryl methyl sites for hydroxylation is 1. The van der Waals surface area contributed by atoms with Crippen molar-refractivity contribution in [3.05, 3.63) is 52.8 Å². The molecule has 2 aromatic carbocycles. The van der Waals surface area contributed by atoms with E-state index in [-0.39, 0.29) is 16.2 Å². The highest BCUT2D eigenvalue weighted by Gasteiger charge is 2.16. The maximum Gasteiger partial charge on any atom is 0.325 e. The summed E-state index contributed by atoms with van der Waals surface area (Å²) in [5, 5.41) is 0. The number of methoxy groups -OCH3 is 2. The first-order valence-electron chi connectivity index (χ1n) is 7.96. The van der Waals surface area contributed by atoms with Gasteiger partial charge in [0, 0.05) is 0 Å². The molecule has 142 valence electrons. The Morgan fingerprint density at radius 3 is 2.48 bits per heavy atom. The van der Waals surface area contributed by atoms with E-state index in [4.69, 9.17) is 9.47 Å². The highest BCUT2D eigenvalue weighted by Crippen LogP contribution is 2.24. The molecular formula is C18H18N2O5S2. The molecule has 1 aromatic heterocycles. The number of thiazole rings is 1. The molecule has 9 heteroatoms. The van der Waals surface area contributed by atoms with Crippen LogP contribution in [0.5, 0.6) is 5.75 Å². The standard InChI is InChI=1S/C18H18N2O5S2/c1-12-4-7-14(8-5-12)27(22,23)19-18-20(11-17(21)25-3)15-9-6-13(24-2)10-16(15)26-18/h4-10H,11H2,1-3H3/b19-18-. The van der Waals surface area contributed by atoms with Crippen LogP contribution in [0.25, 0.3) is 10.2 Å². The van der Waals surface area contributed by atoms with Crippen LogP contribution in [-0.4, -0.2) is 33.2 Å². The monoisotopic (exact) mass is 406 g/mol. The molecule has 0 atom stereocenters. The van der Waals surface area contributed by atoms with Gasteiger partial charge in [-0.1, -0.05) is 29.0 Å². The summed E-state index contributed by atoms with van der Waals surface area (Å²) >= 11 is 1.16. The average molecular weight is 406 g/mol. The van der Waals surface area contributed by atoms with E-state index in [1.54, 1.807) is 37.4 Å². The molecule has 0 N–H and O–H groups in total. The van der Waals surface area contributed by atoms with Gasteiger partial charge in [-0.15, -0.1) is 4.40 Å². The van der Waals surface area contributed by atoms with Gasteiger partial charge in [-0.3, -0.25) is 4.79 Å². The van der Waals surface area contributed by atoms with Crippen LogP contribution in [0.4, 0.5) is 0 Å². The third-order valence-electron chi connectivity index (χ3n) is 3.92. The molecule has 3 rings (SSSR count). The number of carbonyl (C=O) groups excluding carboxylic acids is 1. The number of carbonyl (C=O) groups is 1. The summed E-state index contributed by atoms with van der Waals surface area (Å²) in [6.45, 7) is 1.72. The molecule has 1 heterocycles. The van der Waals surface area contributed by atoms with Gasteiger partial charge in [-0.25, -0.2) is 0 Å². The van der Waals surface area contributed by atoms with Crippen molar-refractivity contribution in [2.24, 2.45) is 4.40 Å². The maximum absolute atomic E-state index is 12.7. The molecule has 0 saturated carbocycles. The lowest BCUT2D eigenvalue weighted by Gasteiger charge is -2.05. The van der Waals surface area contributed by atoms with Gasteiger partial charge >= 0.3 is 5.97 Å². The summed E-state index contributed by atoms with van der Waals surface area (Å²) in [6, 6.07) is 11.7. The molecule has 7 nitrogen and oxygen atoms in total. The molecule has 0 radical (unpaired) electrons. The molecule has 0 bridgehead atoms. The van der Waals surface area contributed by atoms with Crippen LogP contribution in [0, 0.1) is 6.92 Å². The normalized spacial score (nSPS) is 12.3. The molecular weight excluding hydrogens is 388 g/mol. The van der Waals surface area contributed by atoms with Gasteiger partial charge in [0.1, 0.15) is 12.3 Å². The smallest absolute Gasteiger partial charge is 0.325 e. The number of fused-ring (bicyclic) bond motifs is 1. The lowest BCUT2D eigenvalue weighted by molar-refractivity contribution is -0.141. The van der Waals surface area contributed by atoms with Crippen LogP contribution < -0.4 is 9.54 Å². The van der Waals surface area contributed by atoms with E-state index < -0.39 is 16.0 Å². The maximum atomic E-state index is 12.7. The summed E-state index contributed by atoms with van der Waals surface area (Å²) in [4.78, 5) is 12.1. The minimum atomic E-state index is -3.93. The molecule has 0 spiro atoms. The van der Waals surface area contributed by atoms with E-state index in [1.165, 1.54) is 23.8 Å². The summed E-state index contributed by atoms with van der Waals surface area (Å²) in [6.07, 6.45) is 0. The van der Waals surface area contributed by atoms with E-state index in [1.807, 2.05) is 6.92 Å². The summed E-state index contributed by atoms with van der Waals surface area (Å²) in [7, 11) is -1.10. The Balaban J connectivity index is 2.21. The van der Waals surface area contributed by atoms with Crippen molar-refractivity contribution in [3.8, 4) is 5.75 Å². The average Bonchev–Trinajstić information content (AvgIpc) is 2.97. The Bertz CT molecular complexity index is 1160. The fourth-order valence-electron chi connectivity index (χ4n) is 2.46. The van der Waals surface area contributed by atoms with Gasteiger partial charge in [-0.05, 0) is 37.3 Å². The van der Waals surface area contributed by atoms with Crippen molar-refractivity contribution in [1.29, 1.82) is 0 Å². The topological polar surface area (TPSA) is 87.0 Å². The lowest BCUT2D eigenvalue weighted by Crippen LogP contribution is -2.22. The van der Waals surface area contributed by atoms with E-state index in [9.17, 15) is 13.2 Å². The van der Waals surface area contributed by atoms with E-state index in [2.05, 4.69) is 4.40 Å². The predicted octanol–water partition coefficient (Wildman–Crippen LogP) is 2.48. The summed E-state index contributed by atoms with van der Waals surface area (Å²) in [5.74, 6) is 0.126. The molecule has 27 heavy (non-hydrogen) atoms. The Morgan fingerprint density at radius 1 is 1.15 bits per heavy atom. The highest BCUT2D eigenvalue weighted by atomic mass is 32.2. The molecule has 0 unspecified atom stereocenters. The number of nitrogens with zero attached hydrogens (tertiary/aromatic N) is 2. The first-order valence-corrected chi connectivity index (χ1v) is 10.2. The third-order valence-corrected chi connectivity index (χ3v) is 6.36. The number of esters is 1. The molecule has 3 aromatic rings. The van der Waals surface area contributed by atoms with Gasteiger partial charge in [0.2, 0.25) is 4.80 Å². The first-order chi connectivity index (χ1) is 12.8. The minimum absolute atomic E-state index is 0.0905. The molecule has 0 aliphatic heterocycles. The predicted molar refractivity (Wildman–Crippen MR) is 102 cm³/mol. The molecule has 0 aliphatic carbocycles. The zero-order valence-corrected chi connectivity index (χ0v) is 16.6. The van der Waals surface area contributed by atoms with Gasteiger partial charge in [-0.2, -0.15) is 8.42 Å². The Hall–Kier alpha value is -2.65. The SMILES string of the molecule is COC(=O)Cn1/c(=N/S(=O)(=O)c2ccc(C)cc2)sc2cc(OC)ccc21. The van der Waals surface area contributed by atoms with Crippen LogP contribution >= 0.6 is 11.3 Å². The van der Waals surface area contributed by atoms with Crippen molar-refractivity contribution in [1.82, 2.24) is 4.57 Å². The van der Waals surface area contributed by atoms with Gasteiger partial charge < -0.3 is 14.0 Å². The number of sulfonamides is 1. The van der Waals surface area contributed by atoms with E-state index >= 15 is 0 Å². The zero-order chi connectivity index (χ0) is 19.6. The Labute approximate surface area is 160 Å². The number of aromatic nitrogens is 1. The van der Waals surface area contributed by atoms with Crippen molar-refractivity contribution in [2.75, 3.05) is 14.2 Å². The van der Waals surface area contributed by atoms with Crippen LogP contribution in [0.15, 0.2) is 51.8 Å². The quantitative estimate of drug-likeness (QED) is 0.608. The highest BCUT2D eigenvalue weighted by molar-refractivity contribution is 7.90. The number of hydrogen-bond acceptors (Lipinski definition) is 6. The number of rotatable bonds is 5. The largest absolute Gasteiger partial charge is 0.497 e. The van der Waals surface area contributed by atoms with Crippen molar-refractivity contribution >= 4 is 37.5 Å². The summed E-state index contributed by atoms with van der Waals surface area (Å²) < 4.78 is 41.6. The number of ether oxygens (including phenoxy) is 2. The second-order valence-corrected chi connectivity index (χ2v) is 8.37. The zero-order valence-electron chi connectivity index (χ0n) is 15.0. The second kappa shape index (κ2) is 7.53. The van der Waals surface area contributed by atoms with Crippen LogP contribution in [0.3, 0.4) is 0 Å². The van der Waals surface area contributed by atoms with Crippen molar-refractivity contribution in [2.45, 2.75) is 18.4 Å². The van der Waals surface area contributed by atoms with Gasteiger partial charge in [0.05, 0.1) is 29.3 Å². The van der Waals surface area contributed by atoms with Gasteiger partial charge in [0.25, 0.3) is 10.0 Å². The van der Waals surface area contributed by atoms with Crippen molar-refractivity contribution in [3.63, 3.8) is 0 Å². The lowest BCUT2D eigenvalue weighted by atomic mass is 10.2. The van der Waals surface area contributed by atoms with E-state index in [0.717, 1.165) is 21.6 Å². The second-order valence-electron chi connectivity index (χ2n) is 5.76. The molecule has 0 amide bonds. The minimum Gasteiger partial charge on any atom is -0.497 e. The molecule has 0 aliphatic rings. The van der Waals surface area contributed by atoms with Crippen LogP contribution in [0.1, 0.15) is 5.56 Å². The van der Waals surface area contributed by atoms with Crippen molar-refractivity contribution < 1.29 is 22.7 Å². The number of benzene rings is 2. The third kappa shape index (κ3) is 4.04. The van der Waals surface area contributed by atoms with E-state index in [0.29, 0.717) is 11.3 Å².